The molecule has 0 fully saturated rings. The van der Waals surface area contributed by atoms with Crippen LogP contribution in [0.1, 0.15) is 46.6 Å². The van der Waals surface area contributed by atoms with Crippen molar-refractivity contribution in [3.05, 3.63) is 78.5 Å². The number of imidazole rings is 1. The normalized spacial score (nSPS) is 12.1. The van der Waals surface area contributed by atoms with E-state index in [9.17, 15) is 0 Å². The molecule has 5 heteroatoms. The highest BCUT2D eigenvalue weighted by molar-refractivity contribution is 5.78. The van der Waals surface area contributed by atoms with Gasteiger partial charge in [0, 0.05) is 17.3 Å². The summed E-state index contributed by atoms with van der Waals surface area (Å²) in [6, 6.07) is 22.2. The van der Waals surface area contributed by atoms with E-state index >= 15 is 0 Å². The van der Waals surface area contributed by atoms with Crippen molar-refractivity contribution in [1.82, 2.24) is 9.38 Å². The molecular weight excluding hydrogens is 422 g/mol. The van der Waals surface area contributed by atoms with Crippen LogP contribution in [0.5, 0.6) is 11.5 Å². The van der Waals surface area contributed by atoms with E-state index in [2.05, 4.69) is 62.7 Å². The Bertz CT molecular complexity index is 1250. The number of aromatic nitrogens is 2. The summed E-state index contributed by atoms with van der Waals surface area (Å²) in [6.07, 6.45) is 3.06. The summed E-state index contributed by atoms with van der Waals surface area (Å²) < 4.78 is 13.9. The Morgan fingerprint density at radius 3 is 2.32 bits per heavy atom. The third-order valence-electron chi connectivity index (χ3n) is 5.63. The Morgan fingerprint density at radius 1 is 0.882 bits per heavy atom. The van der Waals surface area contributed by atoms with Gasteiger partial charge in [0.15, 0.2) is 11.5 Å². The monoisotopic (exact) mass is 457 g/mol. The minimum Gasteiger partial charge on any atom is -0.493 e. The minimum absolute atomic E-state index is 0.123. The minimum atomic E-state index is -0.123. The van der Waals surface area contributed by atoms with Gasteiger partial charge in [-0.25, -0.2) is 4.98 Å². The number of pyridine rings is 1. The van der Waals surface area contributed by atoms with Gasteiger partial charge in [0.1, 0.15) is 23.8 Å². The second-order valence-corrected chi connectivity index (χ2v) is 10.6. The van der Waals surface area contributed by atoms with E-state index in [4.69, 9.17) is 14.5 Å². The third-order valence-corrected chi connectivity index (χ3v) is 5.63. The molecule has 0 atom stereocenters. The molecule has 0 aliphatic heterocycles. The van der Waals surface area contributed by atoms with Gasteiger partial charge in [-0.15, -0.1) is 0 Å². The Morgan fingerprint density at radius 2 is 1.62 bits per heavy atom. The number of benzene rings is 2. The molecule has 2 heterocycles. The van der Waals surface area contributed by atoms with E-state index in [-0.39, 0.29) is 11.0 Å². The lowest BCUT2D eigenvalue weighted by atomic mass is 9.82. The van der Waals surface area contributed by atoms with Gasteiger partial charge in [-0.05, 0) is 61.6 Å². The predicted octanol–water partition coefficient (Wildman–Crippen LogP) is 7.22. The lowest BCUT2D eigenvalue weighted by Gasteiger charge is -2.34. The fourth-order valence-electron chi connectivity index (χ4n) is 4.68. The first-order valence-corrected chi connectivity index (χ1v) is 11.8. The predicted molar refractivity (Wildman–Crippen MR) is 140 cm³/mol. The Kier molecular flexibility index (Phi) is 6.56. The summed E-state index contributed by atoms with van der Waals surface area (Å²) in [5.41, 5.74) is 3.94. The van der Waals surface area contributed by atoms with Gasteiger partial charge in [-0.3, -0.25) is 4.40 Å². The largest absolute Gasteiger partial charge is 0.493 e. The summed E-state index contributed by atoms with van der Waals surface area (Å²) in [4.78, 5) is 4.97. The molecule has 178 valence electrons. The fraction of sp³-hybridized carbons (Fsp3) is 0.345. The molecule has 0 unspecified atom stereocenters. The summed E-state index contributed by atoms with van der Waals surface area (Å²) in [7, 11) is 1.67. The van der Waals surface area contributed by atoms with Crippen LogP contribution in [-0.4, -0.2) is 22.0 Å². The molecule has 0 saturated carbocycles. The number of hydrogen-bond donors (Lipinski definition) is 1. The number of ether oxygens (including phenoxy) is 2. The van der Waals surface area contributed by atoms with Gasteiger partial charge in [0.05, 0.1) is 7.11 Å². The van der Waals surface area contributed by atoms with Crippen molar-refractivity contribution in [2.45, 2.75) is 53.2 Å². The zero-order valence-corrected chi connectivity index (χ0v) is 21.1. The molecule has 4 rings (SSSR count). The molecule has 0 radical (unpaired) electrons. The van der Waals surface area contributed by atoms with Crippen LogP contribution in [0.2, 0.25) is 0 Å². The molecule has 0 bridgehead atoms. The first kappa shape index (κ1) is 23.7. The number of methoxy groups -OCH3 is 1. The van der Waals surface area contributed by atoms with E-state index in [0.29, 0.717) is 18.1 Å². The molecule has 0 spiro atoms. The van der Waals surface area contributed by atoms with Crippen molar-refractivity contribution in [2.24, 2.45) is 5.41 Å². The maximum Gasteiger partial charge on any atom is 0.161 e. The average Bonchev–Trinajstić information content (AvgIpc) is 3.14. The van der Waals surface area contributed by atoms with E-state index < -0.39 is 0 Å². The van der Waals surface area contributed by atoms with Crippen molar-refractivity contribution in [1.29, 1.82) is 0 Å². The van der Waals surface area contributed by atoms with Gasteiger partial charge in [0.25, 0.3) is 0 Å². The lowest BCUT2D eigenvalue weighted by Crippen LogP contribution is -2.36. The summed E-state index contributed by atoms with van der Waals surface area (Å²) in [5.74, 6) is 2.37. The molecule has 4 aromatic rings. The van der Waals surface area contributed by atoms with Crippen molar-refractivity contribution in [2.75, 3.05) is 12.4 Å². The molecule has 0 aliphatic rings. The summed E-state index contributed by atoms with van der Waals surface area (Å²) in [6.45, 7) is 11.8. The standard InChI is InChI=1S/C29H35N3O2/c1-28(2,3)20-29(4,5)31-27-26(30-25-14-10-11-17-32(25)27)22-15-16-23(24(18-22)33-6)34-19-21-12-8-7-9-13-21/h7-18,31H,19-20H2,1-6H3. The van der Waals surface area contributed by atoms with E-state index in [1.807, 2.05) is 54.6 Å². The number of nitrogens with one attached hydrogen (secondary N) is 1. The van der Waals surface area contributed by atoms with Crippen molar-refractivity contribution >= 4 is 11.5 Å². The number of hydrogen-bond acceptors (Lipinski definition) is 4. The van der Waals surface area contributed by atoms with Gasteiger partial charge >= 0.3 is 0 Å². The van der Waals surface area contributed by atoms with Gasteiger partial charge in [0.2, 0.25) is 0 Å². The summed E-state index contributed by atoms with van der Waals surface area (Å²) >= 11 is 0. The Balaban J connectivity index is 1.69. The highest BCUT2D eigenvalue weighted by Gasteiger charge is 2.28. The first-order chi connectivity index (χ1) is 16.1. The van der Waals surface area contributed by atoms with Crippen molar-refractivity contribution < 1.29 is 9.47 Å². The van der Waals surface area contributed by atoms with Gasteiger partial charge in [-0.2, -0.15) is 0 Å². The van der Waals surface area contributed by atoms with Crippen LogP contribution >= 0.6 is 0 Å². The molecule has 2 aromatic heterocycles. The third kappa shape index (κ3) is 5.53. The fourth-order valence-corrected chi connectivity index (χ4v) is 4.68. The number of anilines is 1. The number of fused-ring (bicyclic) bond motifs is 1. The maximum atomic E-state index is 6.06. The SMILES string of the molecule is COc1cc(-c2nc3ccccn3c2NC(C)(C)CC(C)(C)C)ccc1OCc1ccccc1. The highest BCUT2D eigenvalue weighted by atomic mass is 16.5. The molecular formula is C29H35N3O2. The maximum absolute atomic E-state index is 6.06. The molecule has 34 heavy (non-hydrogen) atoms. The van der Waals surface area contributed by atoms with Gasteiger partial charge < -0.3 is 14.8 Å². The highest BCUT2D eigenvalue weighted by Crippen LogP contribution is 2.38. The van der Waals surface area contributed by atoms with Crippen molar-refractivity contribution in [3.8, 4) is 22.8 Å². The topological polar surface area (TPSA) is 47.8 Å². The van der Waals surface area contributed by atoms with Crippen molar-refractivity contribution in [3.63, 3.8) is 0 Å². The zero-order valence-electron chi connectivity index (χ0n) is 21.1. The Hall–Kier alpha value is -3.47. The second kappa shape index (κ2) is 9.41. The Labute approximate surface area is 202 Å². The summed E-state index contributed by atoms with van der Waals surface area (Å²) in [5, 5.41) is 3.79. The number of rotatable bonds is 8. The van der Waals surface area contributed by atoms with Crippen LogP contribution in [0.25, 0.3) is 16.9 Å². The van der Waals surface area contributed by atoms with Crippen LogP contribution in [0, 0.1) is 5.41 Å². The number of nitrogens with zero attached hydrogens (tertiary/aromatic N) is 2. The molecule has 5 nitrogen and oxygen atoms in total. The molecule has 0 aliphatic carbocycles. The van der Waals surface area contributed by atoms with Crippen LogP contribution in [0.15, 0.2) is 72.9 Å². The average molecular weight is 458 g/mol. The first-order valence-electron chi connectivity index (χ1n) is 11.8. The van der Waals surface area contributed by atoms with Crippen LogP contribution in [0.3, 0.4) is 0 Å². The molecule has 2 aromatic carbocycles. The molecule has 0 saturated heterocycles. The molecule has 1 N–H and O–H groups in total. The molecule has 0 amide bonds. The second-order valence-electron chi connectivity index (χ2n) is 10.6. The van der Waals surface area contributed by atoms with E-state index in [1.165, 1.54) is 0 Å². The van der Waals surface area contributed by atoms with Crippen LogP contribution in [0.4, 0.5) is 5.82 Å². The van der Waals surface area contributed by atoms with E-state index in [0.717, 1.165) is 34.7 Å². The quantitative estimate of drug-likeness (QED) is 0.303. The van der Waals surface area contributed by atoms with Crippen LogP contribution in [-0.2, 0) is 6.61 Å². The van der Waals surface area contributed by atoms with E-state index in [1.54, 1.807) is 7.11 Å². The lowest BCUT2D eigenvalue weighted by molar-refractivity contribution is 0.284. The van der Waals surface area contributed by atoms with Crippen LogP contribution < -0.4 is 14.8 Å². The smallest absolute Gasteiger partial charge is 0.161 e. The zero-order chi connectivity index (χ0) is 24.3. The van der Waals surface area contributed by atoms with Gasteiger partial charge in [-0.1, -0.05) is 57.2 Å².